The zero-order valence-corrected chi connectivity index (χ0v) is 11.5. The largest absolute Gasteiger partial charge is 0.309 e. The van der Waals surface area contributed by atoms with Gasteiger partial charge in [-0.1, -0.05) is 26.7 Å². The van der Waals surface area contributed by atoms with Crippen LogP contribution in [0.5, 0.6) is 0 Å². The predicted octanol–water partition coefficient (Wildman–Crippen LogP) is 3.26. The minimum atomic E-state index is -0.166. The molecule has 0 unspecified atom stereocenters. The van der Waals surface area contributed by atoms with E-state index in [4.69, 9.17) is 0 Å². The molecule has 2 N–H and O–H groups in total. The minimum absolute atomic E-state index is 0.153. The van der Waals surface area contributed by atoms with E-state index >= 15 is 0 Å². The van der Waals surface area contributed by atoms with E-state index in [0.717, 1.165) is 25.0 Å². The van der Waals surface area contributed by atoms with Crippen LogP contribution in [0.1, 0.15) is 51.6 Å². The van der Waals surface area contributed by atoms with Crippen LogP contribution >= 0.6 is 0 Å². The highest BCUT2D eigenvalue weighted by molar-refractivity contribution is 5.94. The summed E-state index contributed by atoms with van der Waals surface area (Å²) in [5.41, 5.74) is 0.802. The summed E-state index contributed by atoms with van der Waals surface area (Å²) in [6, 6.07) is 1.87. The van der Waals surface area contributed by atoms with Gasteiger partial charge in [0, 0.05) is 17.2 Å². The minimum Gasteiger partial charge on any atom is -0.309 e. The van der Waals surface area contributed by atoms with Gasteiger partial charge in [0.2, 0.25) is 5.91 Å². The van der Waals surface area contributed by atoms with E-state index in [1.165, 1.54) is 12.8 Å². The van der Waals surface area contributed by atoms with Crippen molar-refractivity contribution in [1.29, 1.82) is 0 Å². The van der Waals surface area contributed by atoms with Crippen molar-refractivity contribution in [2.24, 2.45) is 11.3 Å². The number of nitrogens with zero attached hydrogens (tertiary/aromatic N) is 1. The van der Waals surface area contributed by atoms with Crippen LogP contribution in [0.25, 0.3) is 0 Å². The van der Waals surface area contributed by atoms with Gasteiger partial charge in [-0.3, -0.25) is 9.89 Å². The van der Waals surface area contributed by atoms with Crippen LogP contribution in [0.15, 0.2) is 6.07 Å². The SMILES string of the molecule is Cc1cc(NC(=O)C2(CC(C)C)CCCC2)n[nH]1. The molecule has 0 aliphatic heterocycles. The summed E-state index contributed by atoms with van der Waals surface area (Å²) in [4.78, 5) is 12.5. The topological polar surface area (TPSA) is 57.8 Å². The Morgan fingerprint density at radius 2 is 2.17 bits per heavy atom. The van der Waals surface area contributed by atoms with Gasteiger partial charge in [-0.15, -0.1) is 0 Å². The Bertz CT molecular complexity index is 416. The van der Waals surface area contributed by atoms with E-state index in [2.05, 4.69) is 29.4 Å². The number of carbonyl (C=O) groups is 1. The second-order valence-corrected chi connectivity index (χ2v) is 5.98. The van der Waals surface area contributed by atoms with Crippen LogP contribution < -0.4 is 5.32 Å². The molecule has 1 aromatic rings. The maximum Gasteiger partial charge on any atom is 0.231 e. The maximum atomic E-state index is 12.5. The molecule has 4 heteroatoms. The summed E-state index contributed by atoms with van der Waals surface area (Å²) in [6.45, 7) is 6.31. The molecule has 1 saturated carbocycles. The molecule has 100 valence electrons. The Morgan fingerprint density at radius 3 is 2.67 bits per heavy atom. The third-order valence-corrected chi connectivity index (χ3v) is 3.79. The van der Waals surface area contributed by atoms with E-state index in [0.29, 0.717) is 11.7 Å². The first-order valence-corrected chi connectivity index (χ1v) is 6.85. The first-order chi connectivity index (χ1) is 8.52. The van der Waals surface area contributed by atoms with Crippen LogP contribution in [0, 0.1) is 18.3 Å². The maximum absolute atomic E-state index is 12.5. The molecule has 1 aromatic heterocycles. The van der Waals surface area contributed by atoms with Gasteiger partial charge in [-0.25, -0.2) is 0 Å². The Balaban J connectivity index is 2.09. The summed E-state index contributed by atoms with van der Waals surface area (Å²) in [6.07, 6.45) is 5.34. The van der Waals surface area contributed by atoms with Crippen LogP contribution in [0.3, 0.4) is 0 Å². The standard InChI is InChI=1S/C14H23N3O/c1-10(2)9-14(6-4-5-7-14)13(18)15-12-8-11(3)16-17-12/h8,10H,4-7,9H2,1-3H3,(H2,15,16,17,18). The lowest BCUT2D eigenvalue weighted by atomic mass is 9.77. The van der Waals surface area contributed by atoms with Crippen molar-refractivity contribution in [3.63, 3.8) is 0 Å². The number of H-pyrrole nitrogens is 1. The number of aromatic amines is 1. The molecule has 1 aliphatic rings. The van der Waals surface area contributed by atoms with Gasteiger partial charge < -0.3 is 5.32 Å². The summed E-state index contributed by atoms with van der Waals surface area (Å²) in [7, 11) is 0. The molecule has 18 heavy (non-hydrogen) atoms. The highest BCUT2D eigenvalue weighted by Crippen LogP contribution is 2.43. The van der Waals surface area contributed by atoms with E-state index in [1.54, 1.807) is 0 Å². The normalized spacial score (nSPS) is 18.2. The van der Waals surface area contributed by atoms with E-state index in [-0.39, 0.29) is 11.3 Å². The summed E-state index contributed by atoms with van der Waals surface area (Å²) >= 11 is 0. The van der Waals surface area contributed by atoms with Gasteiger partial charge in [-0.05, 0) is 32.1 Å². The number of aryl methyl sites for hydroxylation is 1. The van der Waals surface area contributed by atoms with Gasteiger partial charge in [0.05, 0.1) is 0 Å². The fourth-order valence-corrected chi connectivity index (χ4v) is 3.09. The fraction of sp³-hybridized carbons (Fsp3) is 0.714. The first kappa shape index (κ1) is 13.1. The molecular weight excluding hydrogens is 226 g/mol. The van der Waals surface area contributed by atoms with Crippen molar-refractivity contribution >= 4 is 11.7 Å². The molecule has 4 nitrogen and oxygen atoms in total. The number of nitrogens with one attached hydrogen (secondary N) is 2. The highest BCUT2D eigenvalue weighted by Gasteiger charge is 2.41. The Hall–Kier alpha value is -1.32. The number of rotatable bonds is 4. The van der Waals surface area contributed by atoms with Gasteiger partial charge >= 0.3 is 0 Å². The van der Waals surface area contributed by atoms with E-state index in [9.17, 15) is 4.79 Å². The molecule has 2 rings (SSSR count). The highest BCUT2D eigenvalue weighted by atomic mass is 16.2. The number of aromatic nitrogens is 2. The average Bonchev–Trinajstić information content (AvgIpc) is 2.88. The van der Waals surface area contributed by atoms with Crippen molar-refractivity contribution < 1.29 is 4.79 Å². The Kier molecular flexibility index (Phi) is 3.73. The quantitative estimate of drug-likeness (QED) is 0.860. The van der Waals surface area contributed by atoms with Gasteiger partial charge in [0.25, 0.3) is 0 Å². The molecule has 0 saturated heterocycles. The molecule has 1 fully saturated rings. The Morgan fingerprint density at radius 1 is 1.50 bits per heavy atom. The van der Waals surface area contributed by atoms with Gasteiger partial charge in [0.1, 0.15) is 0 Å². The number of hydrogen-bond donors (Lipinski definition) is 2. The molecule has 0 bridgehead atoms. The van der Waals surface area contributed by atoms with Crippen LogP contribution in [-0.4, -0.2) is 16.1 Å². The zero-order chi connectivity index (χ0) is 13.2. The second kappa shape index (κ2) is 5.12. The number of carbonyl (C=O) groups excluding carboxylic acids is 1. The zero-order valence-electron chi connectivity index (χ0n) is 11.5. The smallest absolute Gasteiger partial charge is 0.231 e. The molecule has 0 aromatic carbocycles. The molecule has 0 atom stereocenters. The molecule has 1 amide bonds. The third-order valence-electron chi connectivity index (χ3n) is 3.79. The van der Waals surface area contributed by atoms with Crippen molar-refractivity contribution in [1.82, 2.24) is 10.2 Å². The van der Waals surface area contributed by atoms with Crippen LogP contribution in [-0.2, 0) is 4.79 Å². The number of hydrogen-bond acceptors (Lipinski definition) is 2. The summed E-state index contributed by atoms with van der Waals surface area (Å²) in [5, 5.41) is 9.90. The average molecular weight is 249 g/mol. The van der Waals surface area contributed by atoms with Crippen molar-refractivity contribution in [2.75, 3.05) is 5.32 Å². The van der Waals surface area contributed by atoms with Crippen LogP contribution in [0.4, 0.5) is 5.82 Å². The van der Waals surface area contributed by atoms with Crippen molar-refractivity contribution in [2.45, 2.75) is 52.9 Å². The van der Waals surface area contributed by atoms with Crippen LogP contribution in [0.2, 0.25) is 0 Å². The number of amides is 1. The molecule has 0 radical (unpaired) electrons. The lowest BCUT2D eigenvalue weighted by molar-refractivity contribution is -0.126. The van der Waals surface area contributed by atoms with Gasteiger partial charge in [-0.2, -0.15) is 5.10 Å². The van der Waals surface area contributed by atoms with Gasteiger partial charge in [0.15, 0.2) is 5.82 Å². The Labute approximate surface area is 109 Å². The monoisotopic (exact) mass is 249 g/mol. The lowest BCUT2D eigenvalue weighted by Crippen LogP contribution is -2.35. The number of anilines is 1. The lowest BCUT2D eigenvalue weighted by Gasteiger charge is -2.29. The summed E-state index contributed by atoms with van der Waals surface area (Å²) in [5.74, 6) is 1.35. The molecular formula is C14H23N3O. The first-order valence-electron chi connectivity index (χ1n) is 6.85. The third kappa shape index (κ3) is 2.74. The fourth-order valence-electron chi connectivity index (χ4n) is 3.09. The molecule has 1 aliphatic carbocycles. The predicted molar refractivity (Wildman–Crippen MR) is 72.3 cm³/mol. The molecule has 0 spiro atoms. The van der Waals surface area contributed by atoms with E-state index in [1.807, 2.05) is 13.0 Å². The van der Waals surface area contributed by atoms with Crippen molar-refractivity contribution in [3.8, 4) is 0 Å². The molecule has 1 heterocycles. The van der Waals surface area contributed by atoms with Crippen molar-refractivity contribution in [3.05, 3.63) is 11.8 Å². The summed E-state index contributed by atoms with van der Waals surface area (Å²) < 4.78 is 0. The van der Waals surface area contributed by atoms with E-state index < -0.39 is 0 Å². The second-order valence-electron chi connectivity index (χ2n) is 5.98.